The van der Waals surface area contributed by atoms with Gasteiger partial charge in [-0.25, -0.2) is 4.98 Å². The lowest BCUT2D eigenvalue weighted by Gasteiger charge is -2.17. The van der Waals surface area contributed by atoms with Gasteiger partial charge >= 0.3 is 0 Å². The molecule has 2 aromatic carbocycles. The number of hydrogen-bond acceptors (Lipinski definition) is 3. The van der Waals surface area contributed by atoms with E-state index in [9.17, 15) is 4.79 Å². The third-order valence-electron chi connectivity index (χ3n) is 3.73. The van der Waals surface area contributed by atoms with Crippen molar-refractivity contribution in [3.05, 3.63) is 89.1 Å². The second-order valence-electron chi connectivity index (χ2n) is 5.71. The van der Waals surface area contributed by atoms with Crippen LogP contribution in [0.3, 0.4) is 0 Å². The zero-order chi connectivity index (χ0) is 17.6. The summed E-state index contributed by atoms with van der Waals surface area (Å²) in [5, 5.41) is 3.85. The number of carbonyl (C=O) groups is 1. The molecule has 5 heteroatoms. The molecule has 0 aliphatic heterocycles. The van der Waals surface area contributed by atoms with Crippen LogP contribution in [-0.4, -0.2) is 22.8 Å². The molecule has 4 nitrogen and oxygen atoms in total. The fraction of sp³-hybridized carbons (Fsp3) is 0.100. The molecule has 0 spiro atoms. The Labute approximate surface area is 152 Å². The minimum atomic E-state index is -0.0505. The van der Waals surface area contributed by atoms with Crippen molar-refractivity contribution in [1.82, 2.24) is 9.88 Å². The number of benzene rings is 2. The number of nitrogens with zero attached hydrogens (tertiary/aromatic N) is 2. The number of nitrogens with one attached hydrogen (secondary N) is 1. The molecule has 1 N–H and O–H groups in total. The average molecular weight is 352 g/mol. The maximum Gasteiger partial charge on any atom is 0.254 e. The van der Waals surface area contributed by atoms with Crippen molar-refractivity contribution in [1.29, 1.82) is 0 Å². The first-order chi connectivity index (χ1) is 12.1. The van der Waals surface area contributed by atoms with Crippen molar-refractivity contribution in [3.8, 4) is 0 Å². The maximum atomic E-state index is 12.7. The zero-order valence-corrected chi connectivity index (χ0v) is 14.6. The highest BCUT2D eigenvalue weighted by molar-refractivity contribution is 6.30. The van der Waals surface area contributed by atoms with Crippen LogP contribution >= 0.6 is 11.6 Å². The summed E-state index contributed by atoms with van der Waals surface area (Å²) in [6.45, 7) is 0.557. The fourth-order valence-electron chi connectivity index (χ4n) is 2.46. The fourth-order valence-corrected chi connectivity index (χ4v) is 2.59. The molecule has 0 unspecified atom stereocenters. The van der Waals surface area contributed by atoms with Gasteiger partial charge in [0.2, 0.25) is 0 Å². The van der Waals surface area contributed by atoms with Crippen molar-refractivity contribution >= 4 is 29.0 Å². The van der Waals surface area contributed by atoms with E-state index in [0.717, 1.165) is 11.3 Å². The van der Waals surface area contributed by atoms with Gasteiger partial charge in [0.05, 0.1) is 0 Å². The number of rotatable bonds is 5. The third-order valence-corrected chi connectivity index (χ3v) is 3.98. The lowest BCUT2D eigenvalue weighted by molar-refractivity contribution is 0.0785. The predicted octanol–water partition coefficient (Wildman–Crippen LogP) is 4.75. The van der Waals surface area contributed by atoms with Crippen molar-refractivity contribution in [2.45, 2.75) is 6.54 Å². The first kappa shape index (κ1) is 17.0. The Morgan fingerprint density at radius 1 is 1.08 bits per heavy atom. The van der Waals surface area contributed by atoms with Crippen LogP contribution in [0.4, 0.5) is 11.5 Å². The van der Waals surface area contributed by atoms with Crippen LogP contribution in [0.1, 0.15) is 15.9 Å². The summed E-state index contributed by atoms with van der Waals surface area (Å²) in [6.07, 6.45) is 1.63. The summed E-state index contributed by atoms with van der Waals surface area (Å²) in [7, 11) is 1.79. The molecule has 0 atom stereocenters. The molecule has 0 bridgehead atoms. The summed E-state index contributed by atoms with van der Waals surface area (Å²) < 4.78 is 0. The second kappa shape index (κ2) is 7.81. The molecule has 0 aliphatic rings. The maximum absolute atomic E-state index is 12.7. The molecule has 0 saturated carbocycles. The normalized spacial score (nSPS) is 10.3. The number of aromatic nitrogens is 1. The van der Waals surface area contributed by atoms with Crippen molar-refractivity contribution in [2.24, 2.45) is 0 Å². The average Bonchev–Trinajstić information content (AvgIpc) is 2.64. The van der Waals surface area contributed by atoms with E-state index in [2.05, 4.69) is 10.3 Å². The van der Waals surface area contributed by atoms with Gasteiger partial charge in [-0.2, -0.15) is 0 Å². The molecule has 25 heavy (non-hydrogen) atoms. The van der Waals surface area contributed by atoms with Crippen molar-refractivity contribution < 1.29 is 4.79 Å². The minimum absolute atomic E-state index is 0.0505. The van der Waals surface area contributed by atoms with Crippen LogP contribution in [0.5, 0.6) is 0 Å². The lowest BCUT2D eigenvalue weighted by Crippen LogP contribution is -2.26. The topological polar surface area (TPSA) is 45.2 Å². The molecule has 0 aliphatic carbocycles. The van der Waals surface area contributed by atoms with E-state index < -0.39 is 0 Å². The van der Waals surface area contributed by atoms with E-state index in [1.54, 1.807) is 42.4 Å². The molecule has 126 valence electrons. The highest BCUT2D eigenvalue weighted by Gasteiger charge is 2.13. The van der Waals surface area contributed by atoms with Crippen LogP contribution in [0, 0.1) is 0 Å². The van der Waals surface area contributed by atoms with Crippen LogP contribution < -0.4 is 5.32 Å². The Kier molecular flexibility index (Phi) is 5.31. The Morgan fingerprint density at radius 3 is 2.52 bits per heavy atom. The van der Waals surface area contributed by atoms with Crippen LogP contribution in [0.25, 0.3) is 0 Å². The second-order valence-corrected chi connectivity index (χ2v) is 6.14. The first-order valence-electron chi connectivity index (χ1n) is 7.90. The SMILES string of the molecule is CN(Cc1ccccc1)C(=O)c1ccnc(Nc2ccc(Cl)cc2)c1. The number of halogens is 1. The summed E-state index contributed by atoms with van der Waals surface area (Å²) in [5.41, 5.74) is 2.54. The van der Waals surface area contributed by atoms with Gasteiger partial charge in [-0.05, 0) is 42.0 Å². The Balaban J connectivity index is 1.71. The molecule has 1 aromatic heterocycles. The smallest absolute Gasteiger partial charge is 0.254 e. The van der Waals surface area contributed by atoms with Crippen LogP contribution in [0.15, 0.2) is 72.9 Å². The van der Waals surface area contributed by atoms with Crippen LogP contribution in [-0.2, 0) is 6.54 Å². The van der Waals surface area contributed by atoms with Gasteiger partial charge < -0.3 is 10.2 Å². The standard InChI is InChI=1S/C20H18ClN3O/c1-24(14-15-5-3-2-4-6-15)20(25)16-11-12-22-19(13-16)23-18-9-7-17(21)8-10-18/h2-13H,14H2,1H3,(H,22,23). The van der Waals surface area contributed by atoms with Gasteiger partial charge in [-0.15, -0.1) is 0 Å². The quantitative estimate of drug-likeness (QED) is 0.721. The van der Waals surface area contributed by atoms with E-state index in [-0.39, 0.29) is 5.91 Å². The number of anilines is 2. The molecular weight excluding hydrogens is 334 g/mol. The summed E-state index contributed by atoms with van der Waals surface area (Å²) in [4.78, 5) is 18.6. The van der Waals surface area contributed by atoms with Crippen molar-refractivity contribution in [2.75, 3.05) is 12.4 Å². The monoisotopic (exact) mass is 351 g/mol. The first-order valence-corrected chi connectivity index (χ1v) is 8.27. The molecule has 0 saturated heterocycles. The zero-order valence-electron chi connectivity index (χ0n) is 13.8. The third kappa shape index (κ3) is 4.58. The molecule has 1 heterocycles. The largest absolute Gasteiger partial charge is 0.340 e. The van der Waals surface area contributed by atoms with E-state index >= 15 is 0 Å². The summed E-state index contributed by atoms with van der Waals surface area (Å²) in [5.74, 6) is 0.562. The summed E-state index contributed by atoms with van der Waals surface area (Å²) in [6, 6.07) is 20.7. The number of hydrogen-bond donors (Lipinski definition) is 1. The highest BCUT2D eigenvalue weighted by atomic mass is 35.5. The van der Waals surface area contributed by atoms with Crippen molar-refractivity contribution in [3.63, 3.8) is 0 Å². The van der Waals surface area contributed by atoms with Gasteiger partial charge in [0.25, 0.3) is 5.91 Å². The van der Waals surface area contributed by atoms with Gasteiger partial charge in [0.15, 0.2) is 0 Å². The van der Waals surface area contributed by atoms with Gasteiger partial charge in [-0.3, -0.25) is 4.79 Å². The number of carbonyl (C=O) groups excluding carboxylic acids is 1. The van der Waals surface area contributed by atoms with Gasteiger partial charge in [-0.1, -0.05) is 41.9 Å². The molecule has 3 aromatic rings. The van der Waals surface area contributed by atoms with E-state index in [1.807, 2.05) is 42.5 Å². The Bertz CT molecular complexity index is 850. The molecule has 0 fully saturated rings. The number of pyridine rings is 1. The number of amides is 1. The van der Waals surface area contributed by atoms with E-state index in [0.29, 0.717) is 22.9 Å². The van der Waals surface area contributed by atoms with E-state index in [1.165, 1.54) is 0 Å². The lowest BCUT2D eigenvalue weighted by atomic mass is 10.2. The predicted molar refractivity (Wildman–Crippen MR) is 101 cm³/mol. The minimum Gasteiger partial charge on any atom is -0.340 e. The van der Waals surface area contributed by atoms with Crippen LogP contribution in [0.2, 0.25) is 5.02 Å². The summed E-state index contributed by atoms with van der Waals surface area (Å²) >= 11 is 5.89. The molecule has 3 rings (SSSR count). The van der Waals surface area contributed by atoms with Gasteiger partial charge in [0.1, 0.15) is 5.82 Å². The molecular formula is C20H18ClN3O. The Hall–Kier alpha value is -2.85. The van der Waals surface area contributed by atoms with Gasteiger partial charge in [0, 0.05) is 36.1 Å². The molecule has 1 amide bonds. The Morgan fingerprint density at radius 2 is 1.80 bits per heavy atom. The molecule has 0 radical (unpaired) electrons. The van der Waals surface area contributed by atoms with E-state index in [4.69, 9.17) is 11.6 Å². The highest BCUT2D eigenvalue weighted by Crippen LogP contribution is 2.19.